The summed E-state index contributed by atoms with van der Waals surface area (Å²) in [6.07, 6.45) is 3.68. The zero-order valence-corrected chi connectivity index (χ0v) is 24.1. The smallest absolute Gasteiger partial charge is 0.255 e. The van der Waals surface area contributed by atoms with Gasteiger partial charge < -0.3 is 31.5 Å². The maximum atomic E-state index is 14.0. The third kappa shape index (κ3) is 4.35. The first kappa shape index (κ1) is 29.1. The van der Waals surface area contributed by atoms with Crippen molar-refractivity contribution in [2.75, 3.05) is 19.4 Å². The van der Waals surface area contributed by atoms with E-state index in [1.54, 1.807) is 32.6 Å². The second kappa shape index (κ2) is 10.6. The topological polar surface area (TPSA) is 186 Å². The second-order valence-electron chi connectivity index (χ2n) is 11.7. The predicted molar refractivity (Wildman–Crippen MR) is 161 cm³/mol. The van der Waals surface area contributed by atoms with Crippen LogP contribution in [-0.2, 0) is 27.3 Å². The summed E-state index contributed by atoms with van der Waals surface area (Å²) in [4.78, 5) is 45.1. The molecule has 0 spiro atoms. The minimum Gasteiger partial charge on any atom is -0.508 e. The lowest BCUT2D eigenvalue weighted by Crippen LogP contribution is -2.65. The van der Waals surface area contributed by atoms with Gasteiger partial charge in [0.25, 0.3) is 5.91 Å². The van der Waals surface area contributed by atoms with Crippen molar-refractivity contribution in [3.05, 3.63) is 94.5 Å². The highest BCUT2D eigenvalue weighted by atomic mass is 16.3. The number of Topliss-reactive ketones (excluding diaryl/α,β-unsaturated/α-hetero) is 2. The number of likely N-dealkylation sites (N-methyl/N-ethyl adjacent to an activating group) is 1. The SMILES string of the molecule is CN(C)C1C(=O)C(C(N)=O)=C(O)C2(O)C(=O)C3=C(O)c4c(O)ccc(-c5ccc(CNc6cccnc6)cc5)c4CC3CC12. The Hall–Kier alpha value is -5.00. The summed E-state index contributed by atoms with van der Waals surface area (Å²) < 4.78 is 0. The standard InChI is InChI=1S/C33H32N4O7/c1-37(2)27-22-13-18-12-21-20(17-7-5-16(6-8-17)14-36-19-4-3-11-35-15-19)9-10-23(38)25(21)28(39)24(18)30(41)33(22,44)31(42)26(29(27)40)32(34)43/h3-11,15,18,22,27,36,38-39,42,44H,12-14H2,1-2H3,(H2,34,43). The number of carbonyl (C=O) groups excluding carboxylic acids is 3. The van der Waals surface area contributed by atoms with Gasteiger partial charge in [0.2, 0.25) is 5.78 Å². The summed E-state index contributed by atoms with van der Waals surface area (Å²) >= 11 is 0. The van der Waals surface area contributed by atoms with Crippen LogP contribution in [0.2, 0.25) is 0 Å². The number of aromatic hydroxyl groups is 1. The molecule has 2 aromatic carbocycles. The molecule has 4 atom stereocenters. The number of pyridine rings is 1. The van der Waals surface area contributed by atoms with E-state index in [2.05, 4.69) is 10.3 Å². The van der Waals surface area contributed by atoms with Gasteiger partial charge in [0.15, 0.2) is 11.4 Å². The summed E-state index contributed by atoms with van der Waals surface area (Å²) in [5.41, 5.74) is 5.84. The van der Waals surface area contributed by atoms with E-state index in [0.29, 0.717) is 12.1 Å². The van der Waals surface area contributed by atoms with E-state index in [0.717, 1.165) is 22.4 Å². The third-order valence-corrected chi connectivity index (χ3v) is 9.03. The van der Waals surface area contributed by atoms with E-state index in [1.807, 2.05) is 36.4 Å². The number of phenols is 1. The van der Waals surface area contributed by atoms with E-state index < -0.39 is 58.0 Å². The van der Waals surface area contributed by atoms with Crippen molar-refractivity contribution in [3.8, 4) is 16.9 Å². The number of amides is 1. The molecule has 0 saturated heterocycles. The van der Waals surface area contributed by atoms with Gasteiger partial charge in [0, 0.05) is 30.4 Å². The molecule has 7 N–H and O–H groups in total. The number of carbonyl (C=O) groups is 3. The van der Waals surface area contributed by atoms with Gasteiger partial charge in [-0.1, -0.05) is 30.3 Å². The van der Waals surface area contributed by atoms with Crippen molar-refractivity contribution in [2.24, 2.45) is 17.6 Å². The Morgan fingerprint density at radius 3 is 2.45 bits per heavy atom. The molecule has 1 aromatic heterocycles. The average molecular weight is 597 g/mol. The first-order chi connectivity index (χ1) is 20.9. The predicted octanol–water partition coefficient (Wildman–Crippen LogP) is 2.64. The molecule has 3 aliphatic rings. The molecule has 44 heavy (non-hydrogen) atoms. The number of hydrogen-bond acceptors (Lipinski definition) is 10. The Labute approximate surface area is 253 Å². The first-order valence-electron chi connectivity index (χ1n) is 14.2. The van der Waals surface area contributed by atoms with Gasteiger partial charge in [-0.3, -0.25) is 24.3 Å². The fraction of sp³-hybridized carbons (Fsp3) is 0.273. The van der Waals surface area contributed by atoms with Crippen molar-refractivity contribution in [3.63, 3.8) is 0 Å². The fourth-order valence-corrected chi connectivity index (χ4v) is 6.99. The molecular weight excluding hydrogens is 564 g/mol. The Morgan fingerprint density at radius 2 is 1.82 bits per heavy atom. The highest BCUT2D eigenvalue weighted by Gasteiger charge is 2.64. The number of primary amides is 1. The molecule has 0 bridgehead atoms. The zero-order valence-electron chi connectivity index (χ0n) is 24.1. The molecule has 11 heteroatoms. The molecule has 1 amide bonds. The summed E-state index contributed by atoms with van der Waals surface area (Å²) in [5.74, 6) is -6.75. The van der Waals surface area contributed by atoms with Gasteiger partial charge in [-0.25, -0.2) is 0 Å². The average Bonchev–Trinajstić information content (AvgIpc) is 2.98. The van der Waals surface area contributed by atoms with E-state index in [9.17, 15) is 34.8 Å². The van der Waals surface area contributed by atoms with Crippen LogP contribution < -0.4 is 11.1 Å². The largest absolute Gasteiger partial charge is 0.508 e. The monoisotopic (exact) mass is 596 g/mol. The number of aliphatic hydroxyl groups is 3. The van der Waals surface area contributed by atoms with Gasteiger partial charge in [-0.05, 0) is 73.3 Å². The van der Waals surface area contributed by atoms with Crippen molar-refractivity contribution >= 4 is 28.9 Å². The summed E-state index contributed by atoms with van der Waals surface area (Å²) in [6, 6.07) is 13.6. The molecule has 6 rings (SSSR count). The van der Waals surface area contributed by atoms with Crippen LogP contribution in [0.3, 0.4) is 0 Å². The number of ketones is 2. The van der Waals surface area contributed by atoms with E-state index in [1.165, 1.54) is 11.0 Å². The molecule has 3 aliphatic carbocycles. The number of anilines is 1. The Balaban J connectivity index is 1.41. The van der Waals surface area contributed by atoms with Gasteiger partial charge in [-0.2, -0.15) is 0 Å². The minimum atomic E-state index is -2.67. The molecule has 3 aromatic rings. The van der Waals surface area contributed by atoms with Crippen molar-refractivity contribution in [2.45, 2.75) is 31.0 Å². The first-order valence-corrected chi connectivity index (χ1v) is 14.2. The number of nitrogens with one attached hydrogen (secondary N) is 1. The number of aromatic nitrogens is 1. The number of fused-ring (bicyclic) bond motifs is 3. The highest BCUT2D eigenvalue weighted by Crippen LogP contribution is 2.53. The second-order valence-corrected chi connectivity index (χ2v) is 11.7. The zero-order chi connectivity index (χ0) is 31.5. The molecule has 4 unspecified atom stereocenters. The van der Waals surface area contributed by atoms with Crippen molar-refractivity contribution in [1.29, 1.82) is 0 Å². The maximum absolute atomic E-state index is 14.0. The van der Waals surface area contributed by atoms with Crippen molar-refractivity contribution < 1.29 is 34.8 Å². The van der Waals surface area contributed by atoms with E-state index in [-0.39, 0.29) is 29.7 Å². The van der Waals surface area contributed by atoms with Crippen LogP contribution in [0.25, 0.3) is 16.9 Å². The Kier molecular flexibility index (Phi) is 7.02. The molecule has 1 fully saturated rings. The van der Waals surface area contributed by atoms with Crippen LogP contribution in [-0.4, -0.2) is 73.5 Å². The number of nitrogens with two attached hydrogens (primary N) is 1. The highest BCUT2D eigenvalue weighted by molar-refractivity contribution is 6.24. The molecule has 1 heterocycles. The molecular formula is C33H32N4O7. The number of phenolic OH excluding ortho intramolecular Hbond substituents is 1. The molecule has 11 nitrogen and oxygen atoms in total. The Bertz CT molecular complexity index is 1760. The molecule has 0 radical (unpaired) electrons. The fourth-order valence-electron chi connectivity index (χ4n) is 6.99. The van der Waals surface area contributed by atoms with Gasteiger partial charge in [-0.15, -0.1) is 0 Å². The van der Waals surface area contributed by atoms with Crippen LogP contribution in [0.5, 0.6) is 5.75 Å². The van der Waals surface area contributed by atoms with Gasteiger partial charge >= 0.3 is 0 Å². The quantitative estimate of drug-likeness (QED) is 0.231. The normalized spacial score (nSPS) is 24.6. The van der Waals surface area contributed by atoms with Crippen LogP contribution in [0.1, 0.15) is 23.1 Å². The van der Waals surface area contributed by atoms with Crippen LogP contribution in [0, 0.1) is 11.8 Å². The van der Waals surface area contributed by atoms with E-state index >= 15 is 0 Å². The van der Waals surface area contributed by atoms with Crippen LogP contribution in [0.15, 0.2) is 77.8 Å². The Morgan fingerprint density at radius 1 is 1.09 bits per heavy atom. The molecule has 0 aliphatic heterocycles. The molecule has 1 saturated carbocycles. The number of nitrogens with zero attached hydrogens (tertiary/aromatic N) is 2. The molecule has 226 valence electrons. The van der Waals surface area contributed by atoms with Crippen LogP contribution in [0.4, 0.5) is 5.69 Å². The summed E-state index contributed by atoms with van der Waals surface area (Å²) in [7, 11) is 3.14. The summed E-state index contributed by atoms with van der Waals surface area (Å²) in [5, 5.41) is 48.4. The third-order valence-electron chi connectivity index (χ3n) is 9.03. The lowest BCUT2D eigenvalue weighted by Gasteiger charge is -2.50. The number of benzene rings is 2. The van der Waals surface area contributed by atoms with Gasteiger partial charge in [0.05, 0.1) is 17.3 Å². The maximum Gasteiger partial charge on any atom is 0.255 e. The number of rotatable bonds is 6. The van der Waals surface area contributed by atoms with E-state index in [4.69, 9.17) is 5.73 Å². The lowest BCUT2D eigenvalue weighted by atomic mass is 9.57. The minimum absolute atomic E-state index is 0.0276. The van der Waals surface area contributed by atoms with Crippen molar-refractivity contribution in [1.82, 2.24) is 9.88 Å². The van der Waals surface area contributed by atoms with Gasteiger partial charge in [0.1, 0.15) is 22.8 Å². The summed E-state index contributed by atoms with van der Waals surface area (Å²) in [6.45, 7) is 0.575. The lowest BCUT2D eigenvalue weighted by molar-refractivity contribution is -0.153. The number of hydrogen-bond donors (Lipinski definition) is 6. The van der Waals surface area contributed by atoms with Crippen LogP contribution >= 0.6 is 0 Å². The number of aliphatic hydroxyl groups excluding tert-OH is 2.